The summed E-state index contributed by atoms with van der Waals surface area (Å²) in [7, 11) is 0. The zero-order chi connectivity index (χ0) is 24.0. The van der Waals surface area contributed by atoms with Gasteiger partial charge in [0.2, 0.25) is 0 Å². The molecule has 1 nitrogen and oxygen atoms in total. The van der Waals surface area contributed by atoms with E-state index in [-0.39, 0.29) is 0 Å². The maximum Gasteiger partial charge on any atom is 0.0437 e. The molecule has 0 saturated carbocycles. The van der Waals surface area contributed by atoms with E-state index in [1.807, 2.05) is 13.8 Å². The monoisotopic (exact) mass is 658 g/mol. The van der Waals surface area contributed by atoms with Gasteiger partial charge < -0.3 is 4.74 Å². The van der Waals surface area contributed by atoms with Crippen LogP contribution in [0.5, 0.6) is 0 Å². The van der Waals surface area contributed by atoms with Gasteiger partial charge in [0.15, 0.2) is 0 Å². The van der Waals surface area contributed by atoms with Gasteiger partial charge in [0.05, 0.1) is 0 Å². The Balaban J connectivity index is -0.000000416. The molecule has 31 heavy (non-hydrogen) atoms. The molecule has 0 heterocycles. The minimum absolute atomic E-state index is 0.844. The van der Waals surface area contributed by atoms with Gasteiger partial charge in [-0.15, -0.1) is 0 Å². The minimum atomic E-state index is -0.967. The first-order valence-corrected chi connectivity index (χ1v) is 28.7. The molecule has 0 unspecified atom stereocenters. The molecule has 0 aromatic carbocycles. The summed E-state index contributed by atoms with van der Waals surface area (Å²) >= 11 is -1.93. The van der Waals surface area contributed by atoms with Crippen LogP contribution in [0, 0.1) is 0 Å². The summed E-state index contributed by atoms with van der Waals surface area (Å²) in [6.45, 7) is 19.7. The molecule has 0 N–H and O–H groups in total. The molecule has 3 heteroatoms. The molecule has 0 fully saturated rings. The number of ether oxygens (including phenoxy) is 1. The topological polar surface area (TPSA) is 9.23 Å². The van der Waals surface area contributed by atoms with Crippen LogP contribution in [0.1, 0.15) is 132 Å². The van der Waals surface area contributed by atoms with Crippen LogP contribution in [0.25, 0.3) is 0 Å². The fourth-order valence-electron chi connectivity index (χ4n) is 4.03. The third kappa shape index (κ3) is 36.3. The van der Waals surface area contributed by atoms with Crippen molar-refractivity contribution in [2.24, 2.45) is 0 Å². The summed E-state index contributed by atoms with van der Waals surface area (Å²) in [5.41, 5.74) is 0. The zero-order valence-corrected chi connectivity index (χ0v) is 30.3. The normalized spacial score (nSPS) is 10.6. The Morgan fingerprint density at radius 2 is 0.548 bits per heavy atom. The summed E-state index contributed by atoms with van der Waals surface area (Å²) in [6, 6.07) is 0. The van der Waals surface area contributed by atoms with Gasteiger partial charge in [-0.3, -0.25) is 0 Å². The van der Waals surface area contributed by atoms with E-state index in [9.17, 15) is 0 Å². The third-order valence-electron chi connectivity index (χ3n) is 6.20. The molecule has 0 aliphatic carbocycles. The molecule has 0 radical (unpaired) electrons. The first-order chi connectivity index (χ1) is 15.1. The molecule has 0 aliphatic heterocycles. The Morgan fingerprint density at radius 1 is 0.355 bits per heavy atom. The molecule has 0 aromatic heterocycles. The van der Waals surface area contributed by atoms with Crippen molar-refractivity contribution in [2.75, 3.05) is 13.2 Å². The quantitative estimate of drug-likeness (QED) is 0.119. The van der Waals surface area contributed by atoms with Crippen molar-refractivity contribution in [2.45, 2.75) is 159 Å². The van der Waals surface area contributed by atoms with E-state index < -0.39 is 39.5 Å². The largest absolute Gasteiger partial charge is 0.382 e. The SMILES string of the molecule is CCC[CH2][SnH]([CH2]CCC)[CH2]CCC.CCC[CH2][SnH]([CH2]CCC)[CH2]CCC.CCOCC. The van der Waals surface area contributed by atoms with E-state index in [2.05, 4.69) is 41.5 Å². The van der Waals surface area contributed by atoms with Gasteiger partial charge in [0, 0.05) is 13.2 Å². The first-order valence-electron chi connectivity index (χ1n) is 14.7. The van der Waals surface area contributed by atoms with E-state index in [4.69, 9.17) is 4.74 Å². The molecule has 0 spiro atoms. The molecular weight excluding hydrogens is 590 g/mol. The molecule has 0 bridgehead atoms. The van der Waals surface area contributed by atoms with E-state index in [0.29, 0.717) is 0 Å². The average molecular weight is 656 g/mol. The summed E-state index contributed by atoms with van der Waals surface area (Å²) in [4.78, 5) is 0. The Bertz CT molecular complexity index is 210. The van der Waals surface area contributed by atoms with Crippen LogP contribution in [0.15, 0.2) is 0 Å². The van der Waals surface area contributed by atoms with Crippen molar-refractivity contribution in [3.8, 4) is 0 Å². The van der Waals surface area contributed by atoms with Gasteiger partial charge in [-0.1, -0.05) is 0 Å². The van der Waals surface area contributed by atoms with Gasteiger partial charge in [-0.05, 0) is 13.8 Å². The smallest absolute Gasteiger partial charge is 0.0437 e. The van der Waals surface area contributed by atoms with E-state index in [1.54, 1.807) is 26.6 Å². The first kappa shape index (κ1) is 37.1. The minimum Gasteiger partial charge on any atom is -0.382 e. The van der Waals surface area contributed by atoms with Crippen molar-refractivity contribution in [1.82, 2.24) is 0 Å². The van der Waals surface area contributed by atoms with Crippen molar-refractivity contribution in [1.29, 1.82) is 0 Å². The number of hydrogen-bond acceptors (Lipinski definition) is 1. The van der Waals surface area contributed by atoms with Crippen molar-refractivity contribution in [3.05, 3.63) is 0 Å². The summed E-state index contributed by atoms with van der Waals surface area (Å²) in [5.74, 6) is 0. The molecule has 0 atom stereocenters. The van der Waals surface area contributed by atoms with Crippen LogP contribution in [0.4, 0.5) is 0 Å². The molecular formula is C28H66OSn2. The summed E-state index contributed by atoms with van der Waals surface area (Å²) in [5, 5.41) is 0. The maximum atomic E-state index is 4.83. The Labute approximate surface area is 215 Å². The number of hydrogen-bond donors (Lipinski definition) is 0. The third-order valence-corrected chi connectivity index (χ3v) is 27.2. The Kier molecular flexibility index (Phi) is 43.3. The van der Waals surface area contributed by atoms with Gasteiger partial charge >= 0.3 is 185 Å². The predicted molar refractivity (Wildman–Crippen MR) is 155 cm³/mol. The fourth-order valence-corrected chi connectivity index (χ4v) is 25.8. The van der Waals surface area contributed by atoms with Gasteiger partial charge in [0.25, 0.3) is 0 Å². The molecule has 0 saturated heterocycles. The van der Waals surface area contributed by atoms with Crippen LogP contribution in [0.3, 0.4) is 0 Å². The Morgan fingerprint density at radius 3 is 0.645 bits per heavy atom. The van der Waals surface area contributed by atoms with E-state index >= 15 is 0 Å². The standard InChI is InChI=1S/C4H10O.6C4H9.2Sn.2H/c1-3-5-4-2;6*1-3-4-2;;;;/h3-4H2,1-2H3;6*1,3-4H2,2H3;;;;. The summed E-state index contributed by atoms with van der Waals surface area (Å²) < 4.78 is 15.0. The average Bonchev–Trinajstić information content (AvgIpc) is 2.79. The summed E-state index contributed by atoms with van der Waals surface area (Å²) in [6.07, 6.45) is 17.7. The second kappa shape index (κ2) is 36.1. The van der Waals surface area contributed by atoms with E-state index in [0.717, 1.165) is 13.2 Å². The van der Waals surface area contributed by atoms with Crippen LogP contribution >= 0.6 is 0 Å². The fraction of sp³-hybridized carbons (Fsp3) is 1.00. The molecule has 0 rings (SSSR count). The van der Waals surface area contributed by atoms with Crippen LogP contribution in [0.2, 0.25) is 26.6 Å². The molecule has 0 aromatic rings. The predicted octanol–water partition coefficient (Wildman–Crippen LogP) is 10.3. The van der Waals surface area contributed by atoms with Crippen LogP contribution < -0.4 is 0 Å². The van der Waals surface area contributed by atoms with Crippen molar-refractivity contribution >= 4 is 39.5 Å². The van der Waals surface area contributed by atoms with Crippen LogP contribution in [-0.2, 0) is 4.74 Å². The van der Waals surface area contributed by atoms with E-state index in [1.165, 1.54) is 77.0 Å². The van der Waals surface area contributed by atoms with Crippen LogP contribution in [-0.4, -0.2) is 52.7 Å². The van der Waals surface area contributed by atoms with Crippen molar-refractivity contribution in [3.63, 3.8) is 0 Å². The second-order valence-corrected chi connectivity index (χ2v) is 29.1. The second-order valence-electron chi connectivity index (χ2n) is 9.37. The van der Waals surface area contributed by atoms with Gasteiger partial charge in [-0.25, -0.2) is 0 Å². The number of unbranched alkanes of at least 4 members (excludes halogenated alkanes) is 6. The molecule has 0 aliphatic rings. The molecule has 0 amide bonds. The van der Waals surface area contributed by atoms with Gasteiger partial charge in [-0.2, -0.15) is 0 Å². The molecule has 192 valence electrons. The zero-order valence-electron chi connectivity index (χ0n) is 23.7. The maximum absolute atomic E-state index is 4.83. The van der Waals surface area contributed by atoms with Gasteiger partial charge in [0.1, 0.15) is 0 Å². The Hall–Kier alpha value is 1.56. The van der Waals surface area contributed by atoms with Crippen molar-refractivity contribution < 1.29 is 4.74 Å². The number of rotatable bonds is 20.